The summed E-state index contributed by atoms with van der Waals surface area (Å²) in [6.07, 6.45) is 0. The van der Waals surface area contributed by atoms with Gasteiger partial charge in [-0.25, -0.2) is 4.98 Å². The summed E-state index contributed by atoms with van der Waals surface area (Å²) < 4.78 is 0. The van der Waals surface area contributed by atoms with E-state index in [0.717, 1.165) is 32.0 Å². The van der Waals surface area contributed by atoms with Gasteiger partial charge < -0.3 is 14.9 Å². The molecule has 0 aliphatic carbocycles. The summed E-state index contributed by atoms with van der Waals surface area (Å²) in [5, 5.41) is 9.39. The zero-order valence-electron chi connectivity index (χ0n) is 9.27. The predicted molar refractivity (Wildman–Crippen MR) is 60.3 cm³/mol. The van der Waals surface area contributed by atoms with Crippen molar-refractivity contribution in [3.05, 3.63) is 17.8 Å². The first-order valence-corrected chi connectivity index (χ1v) is 5.27. The van der Waals surface area contributed by atoms with Crippen molar-refractivity contribution in [3.63, 3.8) is 0 Å². The molecule has 0 radical (unpaired) electrons. The lowest BCUT2D eigenvalue weighted by Gasteiger charge is -2.33. The largest absolute Gasteiger partial charge is 0.506 e. The van der Waals surface area contributed by atoms with Crippen molar-refractivity contribution in [2.75, 3.05) is 38.1 Å². The molecule has 0 unspecified atom stereocenters. The van der Waals surface area contributed by atoms with Crippen LogP contribution in [0.1, 0.15) is 5.69 Å². The Kier molecular flexibility index (Phi) is 2.77. The third-order valence-corrected chi connectivity index (χ3v) is 2.87. The number of hydrogen-bond acceptors (Lipinski definition) is 4. The number of aryl methyl sites for hydroxylation is 1. The van der Waals surface area contributed by atoms with Gasteiger partial charge in [0.05, 0.1) is 5.69 Å². The highest BCUT2D eigenvalue weighted by atomic mass is 16.3. The van der Waals surface area contributed by atoms with Gasteiger partial charge in [0.25, 0.3) is 0 Å². The third kappa shape index (κ3) is 2.21. The van der Waals surface area contributed by atoms with Crippen LogP contribution in [0.2, 0.25) is 0 Å². The van der Waals surface area contributed by atoms with Crippen LogP contribution in [0.4, 0.5) is 5.82 Å². The number of aromatic hydroxyl groups is 1. The van der Waals surface area contributed by atoms with Gasteiger partial charge in [-0.3, -0.25) is 0 Å². The van der Waals surface area contributed by atoms with E-state index in [4.69, 9.17) is 0 Å². The average molecular weight is 207 g/mol. The van der Waals surface area contributed by atoms with Crippen molar-refractivity contribution < 1.29 is 5.11 Å². The van der Waals surface area contributed by atoms with Crippen LogP contribution in [-0.2, 0) is 0 Å². The molecule has 2 heterocycles. The maximum Gasteiger partial charge on any atom is 0.136 e. The molecule has 1 fully saturated rings. The van der Waals surface area contributed by atoms with Crippen LogP contribution >= 0.6 is 0 Å². The fourth-order valence-corrected chi connectivity index (χ4v) is 1.75. The van der Waals surface area contributed by atoms with Crippen LogP contribution in [0, 0.1) is 6.92 Å². The Morgan fingerprint density at radius 1 is 1.20 bits per heavy atom. The first-order chi connectivity index (χ1) is 7.16. The summed E-state index contributed by atoms with van der Waals surface area (Å²) in [6, 6.07) is 3.60. The van der Waals surface area contributed by atoms with Crippen LogP contribution in [0.3, 0.4) is 0 Å². The second kappa shape index (κ2) is 4.06. The normalized spacial score (nSPS) is 18.1. The Morgan fingerprint density at radius 2 is 1.87 bits per heavy atom. The molecule has 1 N–H and O–H groups in total. The molecule has 1 aliphatic rings. The zero-order chi connectivity index (χ0) is 10.8. The van der Waals surface area contributed by atoms with Gasteiger partial charge in [0.15, 0.2) is 0 Å². The lowest BCUT2D eigenvalue weighted by atomic mass is 10.3. The second-order valence-corrected chi connectivity index (χ2v) is 4.06. The van der Waals surface area contributed by atoms with Crippen LogP contribution in [-0.4, -0.2) is 48.2 Å². The van der Waals surface area contributed by atoms with Gasteiger partial charge in [-0.15, -0.1) is 0 Å². The van der Waals surface area contributed by atoms with Crippen molar-refractivity contribution in [1.29, 1.82) is 0 Å². The van der Waals surface area contributed by atoms with Crippen LogP contribution in [0.15, 0.2) is 12.1 Å². The van der Waals surface area contributed by atoms with Crippen LogP contribution < -0.4 is 4.90 Å². The molecular formula is C11H17N3O. The van der Waals surface area contributed by atoms with Crippen molar-refractivity contribution in [3.8, 4) is 5.75 Å². The maximum absolute atomic E-state index is 9.39. The number of anilines is 1. The first-order valence-electron chi connectivity index (χ1n) is 5.27. The van der Waals surface area contributed by atoms with E-state index in [0.29, 0.717) is 5.69 Å². The van der Waals surface area contributed by atoms with E-state index in [-0.39, 0.29) is 5.75 Å². The molecular weight excluding hydrogens is 190 g/mol. The SMILES string of the molecule is Cc1nc(N2CCN(C)CC2)ccc1O. The monoisotopic (exact) mass is 207 g/mol. The summed E-state index contributed by atoms with van der Waals surface area (Å²) in [4.78, 5) is 8.94. The maximum atomic E-state index is 9.39. The van der Waals surface area contributed by atoms with Crippen molar-refractivity contribution >= 4 is 5.82 Å². The molecule has 1 aromatic heterocycles. The number of hydrogen-bond donors (Lipinski definition) is 1. The molecule has 2 rings (SSSR count). The van der Waals surface area contributed by atoms with Gasteiger partial charge in [-0.1, -0.05) is 0 Å². The summed E-state index contributed by atoms with van der Waals surface area (Å²) in [7, 11) is 2.13. The van der Waals surface area contributed by atoms with E-state index < -0.39 is 0 Å². The highest BCUT2D eigenvalue weighted by molar-refractivity contribution is 5.43. The van der Waals surface area contributed by atoms with Gasteiger partial charge in [0.1, 0.15) is 11.6 Å². The molecule has 0 bridgehead atoms. The average Bonchev–Trinajstić information content (AvgIpc) is 2.23. The topological polar surface area (TPSA) is 39.6 Å². The first kappa shape index (κ1) is 10.2. The molecule has 0 atom stereocenters. The Morgan fingerprint density at radius 3 is 2.47 bits per heavy atom. The standard InChI is InChI=1S/C11H17N3O/c1-9-10(15)3-4-11(12-9)14-7-5-13(2)6-8-14/h3-4,15H,5-8H2,1-2H3. The van der Waals surface area contributed by atoms with Gasteiger partial charge in [-0.2, -0.15) is 0 Å². The molecule has 0 aromatic carbocycles. The summed E-state index contributed by atoms with van der Waals surface area (Å²) >= 11 is 0. The fraction of sp³-hybridized carbons (Fsp3) is 0.545. The minimum atomic E-state index is 0.271. The smallest absolute Gasteiger partial charge is 0.136 e. The molecule has 1 saturated heterocycles. The summed E-state index contributed by atoms with van der Waals surface area (Å²) in [6.45, 7) is 5.99. The lowest BCUT2D eigenvalue weighted by Crippen LogP contribution is -2.44. The van der Waals surface area contributed by atoms with Crippen molar-refractivity contribution in [2.45, 2.75) is 6.92 Å². The molecule has 0 saturated carbocycles. The van der Waals surface area contributed by atoms with E-state index in [1.807, 2.05) is 13.0 Å². The number of nitrogens with zero attached hydrogens (tertiary/aromatic N) is 3. The minimum absolute atomic E-state index is 0.271. The van der Waals surface area contributed by atoms with E-state index in [2.05, 4.69) is 21.8 Å². The second-order valence-electron chi connectivity index (χ2n) is 4.06. The molecule has 82 valence electrons. The van der Waals surface area contributed by atoms with Gasteiger partial charge in [0, 0.05) is 26.2 Å². The molecule has 4 nitrogen and oxygen atoms in total. The van der Waals surface area contributed by atoms with Crippen molar-refractivity contribution in [2.24, 2.45) is 0 Å². The van der Waals surface area contributed by atoms with E-state index in [1.54, 1.807) is 6.07 Å². The number of piperazine rings is 1. The third-order valence-electron chi connectivity index (χ3n) is 2.87. The highest BCUT2D eigenvalue weighted by Gasteiger charge is 2.15. The van der Waals surface area contributed by atoms with Gasteiger partial charge >= 0.3 is 0 Å². The number of pyridine rings is 1. The van der Waals surface area contributed by atoms with Crippen molar-refractivity contribution in [1.82, 2.24) is 9.88 Å². The highest BCUT2D eigenvalue weighted by Crippen LogP contribution is 2.19. The summed E-state index contributed by atoms with van der Waals surface area (Å²) in [5.74, 6) is 1.24. The van der Waals surface area contributed by atoms with Gasteiger partial charge in [0.2, 0.25) is 0 Å². The molecule has 1 aromatic rings. The van der Waals surface area contributed by atoms with E-state index >= 15 is 0 Å². The number of aromatic nitrogens is 1. The Balaban J connectivity index is 2.12. The summed E-state index contributed by atoms with van der Waals surface area (Å²) in [5.41, 5.74) is 0.700. The Hall–Kier alpha value is -1.29. The van der Waals surface area contributed by atoms with Crippen LogP contribution in [0.25, 0.3) is 0 Å². The predicted octanol–water partition coefficient (Wildman–Crippen LogP) is 0.847. The zero-order valence-corrected chi connectivity index (χ0v) is 9.27. The molecule has 1 aliphatic heterocycles. The molecule has 15 heavy (non-hydrogen) atoms. The fourth-order valence-electron chi connectivity index (χ4n) is 1.75. The molecule has 4 heteroatoms. The number of likely N-dealkylation sites (N-methyl/N-ethyl adjacent to an activating group) is 1. The molecule has 0 amide bonds. The van der Waals surface area contributed by atoms with E-state index in [1.165, 1.54) is 0 Å². The van der Waals surface area contributed by atoms with E-state index in [9.17, 15) is 5.11 Å². The Bertz CT molecular complexity index is 346. The minimum Gasteiger partial charge on any atom is -0.506 e. The Labute approximate surface area is 90.1 Å². The van der Waals surface area contributed by atoms with Gasteiger partial charge in [-0.05, 0) is 26.1 Å². The number of rotatable bonds is 1. The molecule has 0 spiro atoms. The van der Waals surface area contributed by atoms with Crippen LogP contribution in [0.5, 0.6) is 5.75 Å². The quantitative estimate of drug-likeness (QED) is 0.741. The lowest BCUT2D eigenvalue weighted by molar-refractivity contribution is 0.312.